The summed E-state index contributed by atoms with van der Waals surface area (Å²) in [6.45, 7) is 0.603. The molecule has 0 N–H and O–H groups in total. The summed E-state index contributed by atoms with van der Waals surface area (Å²) in [4.78, 5) is 5.72. The predicted octanol–water partition coefficient (Wildman–Crippen LogP) is 2.22. The zero-order valence-corrected chi connectivity index (χ0v) is 12.2. The number of hydrogen-bond donors (Lipinski definition) is 0. The summed E-state index contributed by atoms with van der Waals surface area (Å²) in [7, 11) is 1.77. The number of rotatable bonds is 4. The van der Waals surface area contributed by atoms with Crippen molar-refractivity contribution in [3.63, 3.8) is 0 Å². The van der Waals surface area contributed by atoms with Crippen molar-refractivity contribution >= 4 is 11.5 Å². The Labute approximate surface area is 129 Å². The Kier molecular flexibility index (Phi) is 3.85. The molecule has 0 fully saturated rings. The standard InChI is InChI=1S/C14H13F3N6/c1-22(9-6-10-4-7-18-8-5-10)12-3-2-11-19-20-13(14(15,16)17)23(11)21-12/h2-5,7-8H,6,9H2,1H3. The second kappa shape index (κ2) is 5.82. The smallest absolute Gasteiger partial charge is 0.358 e. The molecule has 3 aromatic rings. The summed E-state index contributed by atoms with van der Waals surface area (Å²) < 4.78 is 39.3. The van der Waals surface area contributed by atoms with Gasteiger partial charge in [-0.15, -0.1) is 15.3 Å². The van der Waals surface area contributed by atoms with Crippen LogP contribution in [0.5, 0.6) is 0 Å². The van der Waals surface area contributed by atoms with Gasteiger partial charge in [0.15, 0.2) is 5.65 Å². The van der Waals surface area contributed by atoms with Crippen molar-refractivity contribution in [2.45, 2.75) is 12.6 Å². The van der Waals surface area contributed by atoms with Crippen LogP contribution in [0.1, 0.15) is 11.4 Å². The summed E-state index contributed by atoms with van der Waals surface area (Å²) in [5.41, 5.74) is 1.15. The van der Waals surface area contributed by atoms with Gasteiger partial charge >= 0.3 is 6.18 Å². The molecule has 3 aromatic heterocycles. The average Bonchev–Trinajstić information content (AvgIpc) is 2.96. The Bertz CT molecular complexity index is 799. The molecular formula is C14H13F3N6. The third kappa shape index (κ3) is 3.22. The minimum absolute atomic E-state index is 0.0589. The fourth-order valence-electron chi connectivity index (χ4n) is 2.12. The first-order valence-corrected chi connectivity index (χ1v) is 6.85. The van der Waals surface area contributed by atoms with E-state index in [1.54, 1.807) is 30.4 Å². The lowest BCUT2D eigenvalue weighted by Crippen LogP contribution is -2.23. The molecule has 3 heterocycles. The molecule has 0 radical (unpaired) electrons. The van der Waals surface area contributed by atoms with Gasteiger partial charge < -0.3 is 4.90 Å². The van der Waals surface area contributed by atoms with E-state index in [0.717, 1.165) is 16.5 Å². The number of pyridine rings is 1. The van der Waals surface area contributed by atoms with Crippen LogP contribution in [0.2, 0.25) is 0 Å². The normalized spacial score (nSPS) is 11.8. The van der Waals surface area contributed by atoms with Gasteiger partial charge in [0.1, 0.15) is 5.82 Å². The number of aromatic nitrogens is 5. The van der Waals surface area contributed by atoms with Crippen LogP contribution in [0.15, 0.2) is 36.7 Å². The lowest BCUT2D eigenvalue weighted by Gasteiger charge is -2.18. The van der Waals surface area contributed by atoms with E-state index in [9.17, 15) is 13.2 Å². The fourth-order valence-corrected chi connectivity index (χ4v) is 2.12. The van der Waals surface area contributed by atoms with Crippen LogP contribution in [0.4, 0.5) is 19.0 Å². The lowest BCUT2D eigenvalue weighted by atomic mass is 10.2. The van der Waals surface area contributed by atoms with Crippen LogP contribution in [0, 0.1) is 0 Å². The Hall–Kier alpha value is -2.71. The predicted molar refractivity (Wildman–Crippen MR) is 77.0 cm³/mol. The third-order valence-electron chi connectivity index (χ3n) is 3.38. The van der Waals surface area contributed by atoms with Crippen molar-refractivity contribution in [2.24, 2.45) is 0 Å². The van der Waals surface area contributed by atoms with Gasteiger partial charge in [-0.25, -0.2) is 0 Å². The molecule has 0 aliphatic rings. The molecule has 0 atom stereocenters. The van der Waals surface area contributed by atoms with E-state index in [0.29, 0.717) is 12.4 Å². The van der Waals surface area contributed by atoms with Gasteiger partial charge in [0.2, 0.25) is 0 Å². The molecule has 0 aliphatic carbocycles. The molecule has 0 spiro atoms. The quantitative estimate of drug-likeness (QED) is 0.737. The highest BCUT2D eigenvalue weighted by atomic mass is 19.4. The van der Waals surface area contributed by atoms with Gasteiger partial charge in [0, 0.05) is 26.0 Å². The molecule has 6 nitrogen and oxygen atoms in total. The van der Waals surface area contributed by atoms with Crippen molar-refractivity contribution in [1.29, 1.82) is 0 Å². The van der Waals surface area contributed by atoms with Crippen LogP contribution in [-0.4, -0.2) is 38.4 Å². The van der Waals surface area contributed by atoms with Gasteiger partial charge in [-0.3, -0.25) is 4.98 Å². The Morgan fingerprint density at radius 3 is 2.52 bits per heavy atom. The molecular weight excluding hydrogens is 309 g/mol. The fraction of sp³-hybridized carbons (Fsp3) is 0.286. The van der Waals surface area contributed by atoms with E-state index in [1.807, 2.05) is 12.1 Å². The van der Waals surface area contributed by atoms with E-state index in [4.69, 9.17) is 0 Å². The van der Waals surface area contributed by atoms with Gasteiger partial charge in [0.25, 0.3) is 5.82 Å². The highest BCUT2D eigenvalue weighted by molar-refractivity contribution is 5.45. The number of hydrogen-bond acceptors (Lipinski definition) is 5. The van der Waals surface area contributed by atoms with Crippen molar-refractivity contribution in [1.82, 2.24) is 24.8 Å². The van der Waals surface area contributed by atoms with E-state index in [2.05, 4.69) is 20.3 Å². The first-order chi connectivity index (χ1) is 10.9. The number of fused-ring (bicyclic) bond motifs is 1. The Morgan fingerprint density at radius 2 is 1.83 bits per heavy atom. The van der Waals surface area contributed by atoms with E-state index >= 15 is 0 Å². The van der Waals surface area contributed by atoms with Crippen LogP contribution in [0.3, 0.4) is 0 Å². The molecule has 9 heteroatoms. The van der Waals surface area contributed by atoms with Crippen molar-refractivity contribution < 1.29 is 13.2 Å². The largest absolute Gasteiger partial charge is 0.453 e. The molecule has 0 aromatic carbocycles. The van der Waals surface area contributed by atoms with Crippen LogP contribution in [0.25, 0.3) is 5.65 Å². The van der Waals surface area contributed by atoms with Crippen molar-refractivity contribution in [3.8, 4) is 0 Å². The first kappa shape index (κ1) is 15.2. The summed E-state index contributed by atoms with van der Waals surface area (Å²) in [6, 6.07) is 6.88. The summed E-state index contributed by atoms with van der Waals surface area (Å²) in [5.74, 6) is -0.714. The van der Waals surface area contributed by atoms with Gasteiger partial charge in [0.05, 0.1) is 0 Å². The molecule has 0 aliphatic heterocycles. The molecule has 0 bridgehead atoms. The summed E-state index contributed by atoms with van der Waals surface area (Å²) in [6.07, 6.45) is -0.466. The van der Waals surface area contributed by atoms with Crippen molar-refractivity contribution in [2.75, 3.05) is 18.5 Å². The minimum Gasteiger partial charge on any atom is -0.358 e. The highest BCUT2D eigenvalue weighted by Gasteiger charge is 2.37. The third-order valence-corrected chi connectivity index (χ3v) is 3.38. The van der Waals surface area contributed by atoms with E-state index in [-0.39, 0.29) is 5.65 Å². The number of halogens is 3. The lowest BCUT2D eigenvalue weighted by molar-refractivity contribution is -0.146. The zero-order chi connectivity index (χ0) is 16.4. The van der Waals surface area contributed by atoms with Gasteiger partial charge in [-0.2, -0.15) is 17.7 Å². The second-order valence-corrected chi connectivity index (χ2v) is 5.01. The second-order valence-electron chi connectivity index (χ2n) is 5.01. The van der Waals surface area contributed by atoms with E-state index < -0.39 is 12.0 Å². The molecule has 0 saturated heterocycles. The van der Waals surface area contributed by atoms with Gasteiger partial charge in [-0.05, 0) is 36.2 Å². The Morgan fingerprint density at radius 1 is 1.09 bits per heavy atom. The van der Waals surface area contributed by atoms with Gasteiger partial charge in [-0.1, -0.05) is 0 Å². The SMILES string of the molecule is CN(CCc1ccncc1)c1ccc2nnc(C(F)(F)F)n2n1. The monoisotopic (exact) mass is 322 g/mol. The Balaban J connectivity index is 1.82. The van der Waals surface area contributed by atoms with Crippen LogP contribution in [-0.2, 0) is 12.6 Å². The average molecular weight is 322 g/mol. The number of likely N-dealkylation sites (N-methyl/N-ethyl adjacent to an activating group) is 1. The maximum absolute atomic E-state index is 12.9. The molecule has 0 unspecified atom stereocenters. The maximum atomic E-state index is 12.9. The highest BCUT2D eigenvalue weighted by Crippen LogP contribution is 2.27. The topological polar surface area (TPSA) is 59.2 Å². The molecule has 3 rings (SSSR count). The molecule has 0 saturated carbocycles. The van der Waals surface area contributed by atoms with Crippen LogP contribution < -0.4 is 4.90 Å². The first-order valence-electron chi connectivity index (χ1n) is 6.85. The van der Waals surface area contributed by atoms with Crippen LogP contribution >= 0.6 is 0 Å². The van der Waals surface area contributed by atoms with E-state index in [1.165, 1.54) is 6.07 Å². The summed E-state index contributed by atoms with van der Waals surface area (Å²) in [5, 5.41) is 10.6. The maximum Gasteiger partial charge on any atom is 0.453 e. The zero-order valence-electron chi connectivity index (χ0n) is 12.2. The summed E-state index contributed by atoms with van der Waals surface area (Å²) >= 11 is 0. The van der Waals surface area contributed by atoms with Crippen molar-refractivity contribution in [3.05, 3.63) is 48.0 Å². The molecule has 0 amide bonds. The molecule has 23 heavy (non-hydrogen) atoms. The minimum atomic E-state index is -4.60. The number of anilines is 1. The molecule has 120 valence electrons. The number of nitrogens with zero attached hydrogens (tertiary/aromatic N) is 6. The number of alkyl halides is 3.